The van der Waals surface area contributed by atoms with Crippen LogP contribution in [-0.2, 0) is 9.59 Å². The first kappa shape index (κ1) is 13.9. The monoisotopic (exact) mass is 215 g/mol. The largest absolute Gasteiger partial charge is 0.369 e. The van der Waals surface area contributed by atoms with E-state index >= 15 is 0 Å². The fourth-order valence-corrected chi connectivity index (χ4v) is 0.795. The average Bonchev–Trinajstić information content (AvgIpc) is 2.12. The summed E-state index contributed by atoms with van der Waals surface area (Å²) in [7, 11) is 0. The molecule has 5 N–H and O–H groups in total. The molecule has 5 heteroatoms. The van der Waals surface area contributed by atoms with Crippen LogP contribution >= 0.6 is 0 Å². The van der Waals surface area contributed by atoms with Crippen LogP contribution in [0, 0.1) is 11.3 Å². The van der Waals surface area contributed by atoms with Crippen molar-refractivity contribution in [2.24, 2.45) is 22.8 Å². The van der Waals surface area contributed by atoms with Gasteiger partial charge in [0, 0.05) is 18.5 Å². The van der Waals surface area contributed by atoms with E-state index in [2.05, 4.69) is 5.32 Å². The Bertz CT molecular complexity index is 249. The molecule has 0 spiro atoms. The summed E-state index contributed by atoms with van der Waals surface area (Å²) in [4.78, 5) is 22.5. The zero-order valence-corrected chi connectivity index (χ0v) is 9.83. The van der Waals surface area contributed by atoms with Gasteiger partial charge in [-0.2, -0.15) is 0 Å². The smallest absolute Gasteiger partial charge is 0.224 e. The van der Waals surface area contributed by atoms with Crippen LogP contribution in [0.2, 0.25) is 0 Å². The molecule has 0 heterocycles. The lowest BCUT2D eigenvalue weighted by Crippen LogP contribution is -2.46. The zero-order chi connectivity index (χ0) is 12.2. The van der Waals surface area contributed by atoms with E-state index in [0.29, 0.717) is 0 Å². The minimum absolute atomic E-state index is 0.153. The van der Waals surface area contributed by atoms with Gasteiger partial charge in [0.1, 0.15) is 0 Å². The highest BCUT2D eigenvalue weighted by Crippen LogP contribution is 2.12. The van der Waals surface area contributed by atoms with Crippen LogP contribution in [0.3, 0.4) is 0 Å². The molecule has 0 aromatic rings. The van der Waals surface area contributed by atoms with E-state index in [-0.39, 0.29) is 24.4 Å². The summed E-state index contributed by atoms with van der Waals surface area (Å²) < 4.78 is 0. The molecule has 0 saturated carbocycles. The maximum atomic E-state index is 11.5. The Morgan fingerprint density at radius 2 is 1.80 bits per heavy atom. The number of nitrogens with one attached hydrogen (secondary N) is 1. The van der Waals surface area contributed by atoms with E-state index in [1.807, 2.05) is 0 Å². The molecule has 0 aromatic heterocycles. The number of carbonyl (C=O) groups is 2. The summed E-state index contributed by atoms with van der Waals surface area (Å²) in [6, 6.07) is -0.207. The van der Waals surface area contributed by atoms with E-state index in [9.17, 15) is 9.59 Å². The van der Waals surface area contributed by atoms with Crippen molar-refractivity contribution < 1.29 is 9.59 Å². The maximum absolute atomic E-state index is 11.5. The standard InChI is InChI=1S/C10H21N3O2/c1-6(7(2)11)8(14)13-5-10(3,4)9(12)15/h6-7H,5,11H2,1-4H3,(H2,12,15)(H,13,14). The van der Waals surface area contributed by atoms with Gasteiger partial charge in [0.05, 0.1) is 5.41 Å². The van der Waals surface area contributed by atoms with Crippen LogP contribution in [0.15, 0.2) is 0 Å². The van der Waals surface area contributed by atoms with Crippen LogP contribution in [0.4, 0.5) is 0 Å². The molecule has 0 bridgehead atoms. The van der Waals surface area contributed by atoms with E-state index in [0.717, 1.165) is 0 Å². The van der Waals surface area contributed by atoms with Crippen LogP contribution in [0.5, 0.6) is 0 Å². The molecule has 0 rings (SSSR count). The third-order valence-electron chi connectivity index (χ3n) is 2.57. The zero-order valence-electron chi connectivity index (χ0n) is 9.83. The van der Waals surface area contributed by atoms with Crippen molar-refractivity contribution in [2.75, 3.05) is 6.54 Å². The van der Waals surface area contributed by atoms with Gasteiger partial charge in [0.25, 0.3) is 0 Å². The quantitative estimate of drug-likeness (QED) is 0.582. The van der Waals surface area contributed by atoms with Gasteiger partial charge in [0.2, 0.25) is 11.8 Å². The Kier molecular flexibility index (Phi) is 4.74. The van der Waals surface area contributed by atoms with Crippen molar-refractivity contribution in [3.8, 4) is 0 Å². The molecule has 0 aliphatic carbocycles. The Morgan fingerprint density at radius 3 is 2.13 bits per heavy atom. The predicted octanol–water partition coefficient (Wildman–Crippen LogP) is -0.403. The van der Waals surface area contributed by atoms with E-state index in [1.165, 1.54) is 0 Å². The molecule has 2 unspecified atom stereocenters. The molecule has 0 aliphatic rings. The fraction of sp³-hybridized carbons (Fsp3) is 0.800. The molecule has 5 nitrogen and oxygen atoms in total. The van der Waals surface area contributed by atoms with Gasteiger partial charge in [-0.05, 0) is 20.8 Å². The average molecular weight is 215 g/mol. The van der Waals surface area contributed by atoms with E-state index < -0.39 is 11.3 Å². The third kappa shape index (κ3) is 4.29. The number of nitrogens with two attached hydrogens (primary N) is 2. The van der Waals surface area contributed by atoms with Gasteiger partial charge < -0.3 is 16.8 Å². The van der Waals surface area contributed by atoms with Crippen molar-refractivity contribution in [2.45, 2.75) is 33.7 Å². The van der Waals surface area contributed by atoms with Crippen molar-refractivity contribution >= 4 is 11.8 Å². The van der Waals surface area contributed by atoms with E-state index in [1.54, 1.807) is 27.7 Å². The Labute approximate surface area is 90.6 Å². The highest BCUT2D eigenvalue weighted by molar-refractivity contribution is 5.82. The summed E-state index contributed by atoms with van der Waals surface area (Å²) in [5, 5.41) is 2.67. The van der Waals surface area contributed by atoms with Gasteiger partial charge >= 0.3 is 0 Å². The summed E-state index contributed by atoms with van der Waals surface area (Å²) >= 11 is 0. The number of hydrogen-bond acceptors (Lipinski definition) is 3. The first-order valence-electron chi connectivity index (χ1n) is 5.01. The molecule has 0 aromatic carbocycles. The topological polar surface area (TPSA) is 98.2 Å². The van der Waals surface area contributed by atoms with Gasteiger partial charge in [-0.15, -0.1) is 0 Å². The molecule has 0 fully saturated rings. The highest BCUT2D eigenvalue weighted by Gasteiger charge is 2.26. The van der Waals surface area contributed by atoms with E-state index in [4.69, 9.17) is 11.5 Å². The molecule has 2 amide bonds. The lowest BCUT2D eigenvalue weighted by molar-refractivity contribution is -0.128. The molecule has 88 valence electrons. The molecular formula is C10H21N3O2. The van der Waals surface area contributed by atoms with Crippen molar-refractivity contribution in [1.82, 2.24) is 5.32 Å². The molecule has 0 saturated heterocycles. The molecule has 0 aliphatic heterocycles. The second kappa shape index (κ2) is 5.11. The van der Waals surface area contributed by atoms with Crippen LogP contribution < -0.4 is 16.8 Å². The minimum atomic E-state index is -0.729. The van der Waals surface area contributed by atoms with Gasteiger partial charge in [-0.1, -0.05) is 6.92 Å². The number of hydrogen-bond donors (Lipinski definition) is 3. The predicted molar refractivity (Wildman–Crippen MR) is 58.8 cm³/mol. The summed E-state index contributed by atoms with van der Waals surface area (Å²) in [5.74, 6) is -0.857. The van der Waals surface area contributed by atoms with Crippen molar-refractivity contribution in [3.63, 3.8) is 0 Å². The molecule has 15 heavy (non-hydrogen) atoms. The third-order valence-corrected chi connectivity index (χ3v) is 2.57. The van der Waals surface area contributed by atoms with Gasteiger partial charge in [-0.3, -0.25) is 9.59 Å². The molecule has 2 atom stereocenters. The maximum Gasteiger partial charge on any atom is 0.224 e. The molecular weight excluding hydrogens is 194 g/mol. The first-order chi connectivity index (χ1) is 6.68. The lowest BCUT2D eigenvalue weighted by Gasteiger charge is -2.23. The Balaban J connectivity index is 4.18. The van der Waals surface area contributed by atoms with Crippen LogP contribution in [-0.4, -0.2) is 24.4 Å². The van der Waals surface area contributed by atoms with Crippen molar-refractivity contribution in [3.05, 3.63) is 0 Å². The van der Waals surface area contributed by atoms with Crippen LogP contribution in [0.1, 0.15) is 27.7 Å². The van der Waals surface area contributed by atoms with Crippen molar-refractivity contribution in [1.29, 1.82) is 0 Å². The second-order valence-electron chi connectivity index (χ2n) is 4.61. The Hall–Kier alpha value is -1.10. The number of primary amides is 1. The summed E-state index contributed by atoms with van der Waals surface area (Å²) in [6.45, 7) is 7.12. The SMILES string of the molecule is CC(N)C(C)C(=O)NCC(C)(C)C(N)=O. The summed E-state index contributed by atoms with van der Waals surface area (Å²) in [6.07, 6.45) is 0. The fourth-order valence-electron chi connectivity index (χ4n) is 0.795. The molecule has 0 radical (unpaired) electrons. The number of rotatable bonds is 5. The summed E-state index contributed by atoms with van der Waals surface area (Å²) in [5.41, 5.74) is 10.0. The minimum Gasteiger partial charge on any atom is -0.369 e. The Morgan fingerprint density at radius 1 is 1.33 bits per heavy atom. The second-order valence-corrected chi connectivity index (χ2v) is 4.61. The van der Waals surface area contributed by atoms with Gasteiger partial charge in [-0.25, -0.2) is 0 Å². The van der Waals surface area contributed by atoms with Gasteiger partial charge in [0.15, 0.2) is 0 Å². The van der Waals surface area contributed by atoms with Crippen LogP contribution in [0.25, 0.3) is 0 Å². The normalized spacial score (nSPS) is 15.5. The lowest BCUT2D eigenvalue weighted by atomic mass is 9.92. The first-order valence-corrected chi connectivity index (χ1v) is 5.01. The number of amides is 2. The highest BCUT2D eigenvalue weighted by atomic mass is 16.2. The number of carbonyl (C=O) groups excluding carboxylic acids is 2.